The van der Waals surface area contributed by atoms with Gasteiger partial charge in [-0.2, -0.15) is 0 Å². The average molecular weight is 189 g/mol. The van der Waals surface area contributed by atoms with Crippen LogP contribution in [0.1, 0.15) is 0 Å². The predicted octanol–water partition coefficient (Wildman–Crippen LogP) is 3.20. The summed E-state index contributed by atoms with van der Waals surface area (Å²) in [6.45, 7) is 0. The summed E-state index contributed by atoms with van der Waals surface area (Å²) in [6, 6.07) is 14.4. The van der Waals surface area contributed by atoms with E-state index < -0.39 is 0 Å². The van der Waals surface area contributed by atoms with Crippen LogP contribution in [0.3, 0.4) is 0 Å². The van der Waals surface area contributed by atoms with Gasteiger partial charge in [-0.1, -0.05) is 35.9 Å². The van der Waals surface area contributed by atoms with E-state index in [1.165, 1.54) is 0 Å². The molecule has 2 aromatic rings. The number of hydrogen-bond donors (Lipinski definition) is 0. The van der Waals surface area contributed by atoms with E-state index in [1.54, 1.807) is 6.20 Å². The van der Waals surface area contributed by atoms with E-state index in [9.17, 15) is 0 Å². The highest BCUT2D eigenvalue weighted by Crippen LogP contribution is 2.17. The van der Waals surface area contributed by atoms with Crippen LogP contribution in [0.15, 0.2) is 42.6 Å². The van der Waals surface area contributed by atoms with Gasteiger partial charge in [0.25, 0.3) is 0 Å². The second-order valence-electron chi connectivity index (χ2n) is 2.65. The number of aromatic nitrogens is 1. The molecule has 0 spiro atoms. The van der Waals surface area contributed by atoms with E-state index in [2.05, 4.69) is 11.1 Å². The Morgan fingerprint density at radius 1 is 1.08 bits per heavy atom. The molecule has 0 aliphatic heterocycles. The molecule has 0 aliphatic rings. The molecule has 63 valence electrons. The molecule has 0 saturated heterocycles. The van der Waals surface area contributed by atoms with Crippen molar-refractivity contribution in [2.45, 2.75) is 0 Å². The fourth-order valence-electron chi connectivity index (χ4n) is 1.10. The molecule has 1 nitrogen and oxygen atoms in total. The monoisotopic (exact) mass is 188 g/mol. The topological polar surface area (TPSA) is 12.9 Å². The molecule has 2 heteroatoms. The molecule has 0 unspecified atom stereocenters. The predicted molar refractivity (Wildman–Crippen MR) is 53.5 cm³/mol. The minimum absolute atomic E-state index is 0.659. The van der Waals surface area contributed by atoms with Gasteiger partial charge in [0.15, 0.2) is 0 Å². The minimum atomic E-state index is 0.659. The Hall–Kier alpha value is -1.34. The van der Waals surface area contributed by atoms with Crippen molar-refractivity contribution in [3.63, 3.8) is 0 Å². The molecule has 1 radical (unpaired) electrons. The molecule has 0 N–H and O–H groups in total. The standard InChI is InChI=1S/C11H7ClN/c12-10-6-7-11(13-8-10)9-4-2-1-3-5-9/h2-8H. The lowest BCUT2D eigenvalue weighted by molar-refractivity contribution is 1.33. The van der Waals surface area contributed by atoms with Gasteiger partial charge in [0.2, 0.25) is 0 Å². The minimum Gasteiger partial charge on any atom is -0.255 e. The van der Waals surface area contributed by atoms with E-state index in [1.807, 2.05) is 36.4 Å². The Morgan fingerprint density at radius 3 is 2.46 bits per heavy atom. The van der Waals surface area contributed by atoms with Gasteiger partial charge in [0.05, 0.1) is 10.7 Å². The van der Waals surface area contributed by atoms with Crippen molar-refractivity contribution >= 4 is 11.6 Å². The average Bonchev–Trinajstić information content (AvgIpc) is 2.20. The number of benzene rings is 1. The molecule has 0 bridgehead atoms. The van der Waals surface area contributed by atoms with Crippen molar-refractivity contribution in [1.29, 1.82) is 0 Å². The Morgan fingerprint density at radius 2 is 1.85 bits per heavy atom. The van der Waals surface area contributed by atoms with E-state index in [-0.39, 0.29) is 0 Å². The van der Waals surface area contributed by atoms with Crippen molar-refractivity contribution < 1.29 is 0 Å². The van der Waals surface area contributed by atoms with Crippen LogP contribution < -0.4 is 0 Å². The van der Waals surface area contributed by atoms with E-state index in [0.29, 0.717) is 5.02 Å². The zero-order valence-electron chi connectivity index (χ0n) is 6.87. The lowest BCUT2D eigenvalue weighted by Gasteiger charge is -1.98. The molecule has 1 aromatic heterocycles. The van der Waals surface area contributed by atoms with Gasteiger partial charge in [-0.25, -0.2) is 0 Å². The quantitative estimate of drug-likeness (QED) is 0.670. The Bertz CT molecular complexity index is 381. The van der Waals surface area contributed by atoms with Gasteiger partial charge >= 0.3 is 0 Å². The van der Waals surface area contributed by atoms with Crippen LogP contribution in [0.5, 0.6) is 0 Å². The van der Waals surface area contributed by atoms with Gasteiger partial charge in [-0.15, -0.1) is 0 Å². The maximum Gasteiger partial charge on any atom is 0.0703 e. The van der Waals surface area contributed by atoms with Crippen molar-refractivity contribution in [3.05, 3.63) is 53.7 Å². The first-order valence-electron chi connectivity index (χ1n) is 3.94. The lowest BCUT2D eigenvalue weighted by Crippen LogP contribution is -1.81. The van der Waals surface area contributed by atoms with Gasteiger partial charge in [0.1, 0.15) is 0 Å². The van der Waals surface area contributed by atoms with Crippen LogP contribution in [-0.4, -0.2) is 4.98 Å². The highest BCUT2D eigenvalue weighted by molar-refractivity contribution is 6.30. The number of hydrogen-bond acceptors (Lipinski definition) is 1. The van der Waals surface area contributed by atoms with Crippen molar-refractivity contribution in [2.24, 2.45) is 0 Å². The molecule has 0 atom stereocenters. The van der Waals surface area contributed by atoms with Crippen molar-refractivity contribution in [2.75, 3.05) is 0 Å². The molecule has 2 rings (SSSR count). The number of nitrogens with zero attached hydrogens (tertiary/aromatic N) is 1. The largest absolute Gasteiger partial charge is 0.255 e. The number of rotatable bonds is 1. The van der Waals surface area contributed by atoms with E-state index in [0.717, 1.165) is 11.3 Å². The van der Waals surface area contributed by atoms with Crippen LogP contribution >= 0.6 is 11.6 Å². The molecular formula is C11H7ClN. The third-order valence-corrected chi connectivity index (χ3v) is 1.96. The summed E-state index contributed by atoms with van der Waals surface area (Å²) in [5.74, 6) is 0. The van der Waals surface area contributed by atoms with Crippen LogP contribution in [0.2, 0.25) is 5.02 Å². The number of halogens is 1. The summed E-state index contributed by atoms with van der Waals surface area (Å²) >= 11 is 5.73. The third-order valence-electron chi connectivity index (χ3n) is 1.74. The first-order chi connectivity index (χ1) is 6.36. The summed E-state index contributed by atoms with van der Waals surface area (Å²) in [5.41, 5.74) is 2.01. The molecule has 0 saturated carbocycles. The fraction of sp³-hybridized carbons (Fsp3) is 0. The zero-order valence-corrected chi connectivity index (χ0v) is 7.62. The summed E-state index contributed by atoms with van der Waals surface area (Å²) in [6.07, 6.45) is 1.65. The molecule has 0 aliphatic carbocycles. The van der Waals surface area contributed by atoms with E-state index in [4.69, 9.17) is 11.6 Å². The Kier molecular flexibility index (Phi) is 2.28. The van der Waals surface area contributed by atoms with Gasteiger partial charge in [0, 0.05) is 11.8 Å². The fourth-order valence-corrected chi connectivity index (χ4v) is 1.22. The maximum absolute atomic E-state index is 5.73. The van der Waals surface area contributed by atoms with Crippen LogP contribution in [0.25, 0.3) is 11.3 Å². The molecule has 1 aromatic carbocycles. The molecule has 0 amide bonds. The van der Waals surface area contributed by atoms with Gasteiger partial charge < -0.3 is 0 Å². The maximum atomic E-state index is 5.73. The van der Waals surface area contributed by atoms with Crippen LogP contribution in [0.4, 0.5) is 0 Å². The third kappa shape index (κ3) is 1.87. The summed E-state index contributed by atoms with van der Waals surface area (Å²) in [7, 11) is 0. The summed E-state index contributed by atoms with van der Waals surface area (Å²) < 4.78 is 0. The first kappa shape index (κ1) is 8.27. The molecule has 13 heavy (non-hydrogen) atoms. The zero-order chi connectivity index (χ0) is 9.10. The molecular weight excluding hydrogens is 182 g/mol. The second kappa shape index (κ2) is 3.58. The SMILES string of the molecule is Clc1ccc(-c2cc[c]cc2)nc1. The summed E-state index contributed by atoms with van der Waals surface area (Å²) in [5, 5.41) is 0.659. The number of pyridine rings is 1. The second-order valence-corrected chi connectivity index (χ2v) is 3.09. The van der Waals surface area contributed by atoms with Crippen molar-refractivity contribution in [1.82, 2.24) is 4.98 Å². The highest BCUT2D eigenvalue weighted by Gasteiger charge is 1.96. The Balaban J connectivity index is 2.42. The van der Waals surface area contributed by atoms with Crippen LogP contribution in [-0.2, 0) is 0 Å². The van der Waals surface area contributed by atoms with Crippen molar-refractivity contribution in [3.8, 4) is 11.3 Å². The molecule has 1 heterocycles. The Labute approximate surface area is 82.0 Å². The smallest absolute Gasteiger partial charge is 0.0703 e. The normalized spacial score (nSPS) is 9.92. The lowest BCUT2D eigenvalue weighted by atomic mass is 10.1. The first-order valence-corrected chi connectivity index (χ1v) is 4.32. The van der Waals surface area contributed by atoms with Crippen LogP contribution in [0, 0.1) is 6.07 Å². The highest BCUT2D eigenvalue weighted by atomic mass is 35.5. The van der Waals surface area contributed by atoms with Gasteiger partial charge in [-0.05, 0) is 18.2 Å². The van der Waals surface area contributed by atoms with Gasteiger partial charge in [-0.3, -0.25) is 4.98 Å². The van der Waals surface area contributed by atoms with E-state index >= 15 is 0 Å². The molecule has 0 fully saturated rings. The summed E-state index contributed by atoms with van der Waals surface area (Å²) in [4.78, 5) is 4.20.